The largest absolute Gasteiger partial charge is 0.477 e. The Morgan fingerprint density at radius 2 is 0.713 bits per heavy atom. The van der Waals surface area contributed by atoms with Gasteiger partial charge in [0.15, 0.2) is 19.6 Å². The molecule has 35 nitrogen and oxygen atoms in total. The lowest BCUT2D eigenvalue weighted by molar-refractivity contribution is 0.0165. The average molecular weight is 1760 g/mol. The Kier molecular flexibility index (Phi) is 27.9. The van der Waals surface area contributed by atoms with Gasteiger partial charge < -0.3 is 55.6 Å². The van der Waals surface area contributed by atoms with E-state index in [9.17, 15) is 52.8 Å². The van der Waals surface area contributed by atoms with E-state index < -0.39 is 64.2 Å². The Hall–Kier alpha value is -10.3. The molecule has 0 fully saturated rings. The van der Waals surface area contributed by atoms with Crippen LogP contribution in [-0.2, 0) is 122 Å². The first-order valence-electron chi connectivity index (χ1n) is 41.1. The summed E-state index contributed by atoms with van der Waals surface area (Å²) >= 11 is 0. The molecule has 3 atom stereocenters. The molecule has 0 unspecified atom stereocenters. The third kappa shape index (κ3) is 19.5. The molecule has 4 aliphatic carbocycles. The van der Waals surface area contributed by atoms with Gasteiger partial charge in [0.2, 0.25) is 23.5 Å². The molecule has 0 bridgehead atoms. The molecule has 0 saturated heterocycles. The summed E-state index contributed by atoms with van der Waals surface area (Å²) in [5, 5.41) is 33.7. The van der Waals surface area contributed by atoms with E-state index in [0.717, 1.165) is 139 Å². The number of aromatic nitrogens is 8. The van der Waals surface area contributed by atoms with Crippen LogP contribution < -0.4 is 69.7 Å². The zero-order chi connectivity index (χ0) is 86.9. The number of aryl methyl sites for hydroxylation is 5. The van der Waals surface area contributed by atoms with Gasteiger partial charge in [0.05, 0.1) is 63.1 Å². The average Bonchev–Trinajstić information content (AvgIpc) is 1.53. The lowest BCUT2D eigenvalue weighted by Crippen LogP contribution is -2.40. The van der Waals surface area contributed by atoms with Crippen LogP contribution in [-0.4, -0.2) is 163 Å². The molecule has 4 aromatic heterocycles. The molecule has 16 rings (SSSR count). The van der Waals surface area contributed by atoms with Crippen LogP contribution >= 0.6 is 0 Å². The van der Waals surface area contributed by atoms with Crippen molar-refractivity contribution in [1.82, 2.24) is 68.6 Å². The Morgan fingerprint density at radius 1 is 0.402 bits per heavy atom. The number of hydrogen-bond acceptors (Lipinski definition) is 23. The fourth-order valence-corrected chi connectivity index (χ4v) is 20.8. The van der Waals surface area contributed by atoms with E-state index in [2.05, 4.69) is 84.2 Å². The summed E-state index contributed by atoms with van der Waals surface area (Å²) in [5.74, 6) is 1.17. The van der Waals surface area contributed by atoms with Crippen molar-refractivity contribution in [2.24, 2.45) is 0 Å². The van der Waals surface area contributed by atoms with Crippen molar-refractivity contribution < 1.29 is 76.5 Å². The molecule has 0 saturated carbocycles. The van der Waals surface area contributed by atoms with E-state index in [-0.39, 0.29) is 99.0 Å². The Morgan fingerprint density at radius 3 is 1.07 bits per heavy atom. The highest BCUT2D eigenvalue weighted by Gasteiger charge is 2.38. The van der Waals surface area contributed by atoms with Gasteiger partial charge in [-0.05, 0) is 208 Å². The van der Waals surface area contributed by atoms with Crippen molar-refractivity contribution in [3.05, 3.63) is 139 Å². The lowest BCUT2D eigenvalue weighted by Gasteiger charge is -2.24. The second-order valence-corrected chi connectivity index (χ2v) is 39.4. The molecule has 0 spiro atoms. The molecular formula is C83H114N18O17S4. The number of amides is 8. The maximum absolute atomic E-state index is 12.9. The number of carbonyl (C=O) groups is 4. The first-order chi connectivity index (χ1) is 57.5. The Balaban J connectivity index is 0.000000148. The Bertz CT molecular complexity index is 5500. The molecule has 0 radical (unpaired) electrons. The standard InChI is InChI=1S/C21H31N5O4S.C21H30N4O5S.C20H25N5O4S.C20H24N4O4S.CH4/c1-12(2)16-7-14(5)8-17(13(3)4)19(16)24-21(27)25-31(28,29)18-9-23-26-10-15(22-6)11-30-20(18)26;1-12(2)16-7-14(5)8-17(13(3)4)19(16)23-21(26)24-31(27,28)18-9-22-25-10-15(29-6)11-30-20(18)25;1-21-14-10-25-19(29-11-14)17(9-22-25)30(27,28)24-20(26)23-18-15-6-2-4-12(15)8-13-5-3-7-16(13)18;1-12-13-5-2-7-15(13)18(16-8-3-6-14(12)16)22-20(25)23-29(26,27)17-11-21-24-9-4-10-28-19(17)24;/h7-9,12-13,15,22H,10-11H2,1-6H3,(H2,24,25,27);7-9,12-13,15H,10-11H2,1-6H3,(H2,23,24,26);8-9,14,21H,2-7,10-11H2,1H3,(H2,23,24,26);11H,2-10H2,1H3,(H2,22,23,25);1H4/t2*15-;14-;;/m111../s1. The fourth-order valence-electron chi connectivity index (χ4n) is 16.9. The van der Waals surface area contributed by atoms with Crippen LogP contribution in [0.1, 0.15) is 202 Å². The predicted molar refractivity (Wildman–Crippen MR) is 461 cm³/mol. The zero-order valence-electron chi connectivity index (χ0n) is 70.7. The van der Waals surface area contributed by atoms with Crippen LogP contribution in [0, 0.1) is 20.8 Å². The summed E-state index contributed by atoms with van der Waals surface area (Å²) < 4.78 is 145. The van der Waals surface area contributed by atoms with Gasteiger partial charge in [-0.25, -0.2) is 90.5 Å². The van der Waals surface area contributed by atoms with E-state index in [1.165, 1.54) is 82.5 Å². The van der Waals surface area contributed by atoms with Crippen molar-refractivity contribution in [2.45, 2.75) is 255 Å². The van der Waals surface area contributed by atoms with E-state index >= 15 is 0 Å². The minimum Gasteiger partial charge on any atom is -0.477 e. The number of ether oxygens (including phenoxy) is 5. The topological polar surface area (TPSA) is 443 Å². The minimum absolute atomic E-state index is 0. The van der Waals surface area contributed by atoms with Gasteiger partial charge in [-0.1, -0.05) is 104 Å². The van der Waals surface area contributed by atoms with Crippen molar-refractivity contribution in [3.8, 4) is 23.5 Å². The zero-order valence-corrected chi connectivity index (χ0v) is 74.0. The van der Waals surface area contributed by atoms with Gasteiger partial charge in [0.1, 0.15) is 25.9 Å². The minimum atomic E-state index is -4.19. The molecule has 8 amide bonds. The first kappa shape index (κ1) is 90.9. The smallest absolute Gasteiger partial charge is 0.333 e. The highest BCUT2D eigenvalue weighted by Crippen LogP contribution is 2.44. The van der Waals surface area contributed by atoms with Crippen LogP contribution in [0.5, 0.6) is 23.5 Å². The number of fused-ring (bicyclic) bond motifs is 8. The molecule has 8 heterocycles. The normalized spacial score (nSPS) is 17.1. The number of rotatable bonds is 19. The van der Waals surface area contributed by atoms with E-state index in [1.54, 1.807) is 14.2 Å². The summed E-state index contributed by atoms with van der Waals surface area (Å²) in [6.07, 6.45) is 17.3. The predicted octanol–water partition coefficient (Wildman–Crippen LogP) is 10.7. The second kappa shape index (κ2) is 37.4. The van der Waals surface area contributed by atoms with Gasteiger partial charge in [0.25, 0.3) is 40.1 Å². The first-order valence-corrected chi connectivity index (χ1v) is 47.0. The number of benzene rings is 4. The highest BCUT2D eigenvalue weighted by atomic mass is 32.2. The molecule has 4 aliphatic heterocycles. The van der Waals surface area contributed by atoms with Gasteiger partial charge in [-0.15, -0.1) is 0 Å². The number of sulfonamides is 4. The summed E-state index contributed by atoms with van der Waals surface area (Å²) in [6.45, 7) is 25.7. The van der Waals surface area contributed by atoms with Gasteiger partial charge in [0, 0.05) is 42.8 Å². The van der Waals surface area contributed by atoms with Crippen LogP contribution in [0.4, 0.5) is 41.9 Å². The number of anilines is 4. The summed E-state index contributed by atoms with van der Waals surface area (Å²) in [7, 11) is -11.4. The number of carbonyl (C=O) groups excluding carboxylic acids is 4. The number of nitrogens with one attached hydrogen (secondary N) is 10. The number of likely N-dealkylation sites (N-methyl/N-ethyl adjacent to an activating group) is 2. The molecule has 39 heteroatoms. The summed E-state index contributed by atoms with van der Waals surface area (Å²) in [6, 6.07) is 7.23. The molecule has 8 aliphatic rings. The molecular weight excluding hydrogens is 1650 g/mol. The van der Waals surface area contributed by atoms with Crippen molar-refractivity contribution in [3.63, 3.8) is 0 Å². The molecule has 10 N–H and O–H groups in total. The molecule has 8 aromatic rings. The summed E-state index contributed by atoms with van der Waals surface area (Å²) in [5.41, 5.74) is 20.1. The van der Waals surface area contributed by atoms with E-state index in [1.807, 2.05) is 101 Å². The van der Waals surface area contributed by atoms with Crippen molar-refractivity contribution in [2.75, 3.05) is 68.9 Å². The van der Waals surface area contributed by atoms with Gasteiger partial charge in [-0.2, -0.15) is 20.4 Å². The highest BCUT2D eigenvalue weighted by molar-refractivity contribution is 7.91. The van der Waals surface area contributed by atoms with Crippen LogP contribution in [0.25, 0.3) is 0 Å². The monoisotopic (exact) mass is 1760 g/mol. The second-order valence-electron chi connectivity index (χ2n) is 32.8. The number of nitrogens with zero attached hydrogens (tertiary/aromatic N) is 8. The van der Waals surface area contributed by atoms with Crippen molar-refractivity contribution >= 4 is 87.0 Å². The quantitative estimate of drug-likeness (QED) is 0.0359. The third-order valence-electron chi connectivity index (χ3n) is 23.0. The van der Waals surface area contributed by atoms with Crippen LogP contribution in [0.3, 0.4) is 0 Å². The van der Waals surface area contributed by atoms with Gasteiger partial charge >= 0.3 is 24.1 Å². The number of urea groups is 4. The number of methoxy groups -OCH3 is 1. The molecule has 4 aromatic carbocycles. The number of hydrogen-bond donors (Lipinski definition) is 10. The molecule has 662 valence electrons. The van der Waals surface area contributed by atoms with Crippen molar-refractivity contribution in [1.29, 1.82) is 0 Å². The third-order valence-corrected chi connectivity index (χ3v) is 28.2. The lowest BCUT2D eigenvalue weighted by atomic mass is 9.90. The van der Waals surface area contributed by atoms with Crippen LogP contribution in [0.15, 0.2) is 74.7 Å². The van der Waals surface area contributed by atoms with Crippen LogP contribution in [0.2, 0.25) is 0 Å². The fraction of sp³-hybridized carbons (Fsp3) is 0.518. The van der Waals surface area contributed by atoms with Gasteiger partial charge in [-0.3, -0.25) is 0 Å². The van der Waals surface area contributed by atoms with E-state index in [4.69, 9.17) is 23.7 Å². The summed E-state index contributed by atoms with van der Waals surface area (Å²) in [4.78, 5) is 50.3. The SMILES string of the molecule is C.CN[C@H]1COc2c(S(=O)(=O)NC(=O)Nc3c(C(C)C)cc(C)cc3C(C)C)cnn2C1.CN[C@H]1COc2c(S(=O)(=O)NC(=O)Nc3c4c(cc5c3CCC5)CCC4)cnn2C1.CO[C@H]1COc2c(S(=O)(=O)NC(=O)Nc3c(C(C)C)cc(C)cc3C(C)C)cnn2C1.Cc1c2c(c(NC(=O)NS(=O)(=O)c3cnn4c3OCCC4)c3c1CCC3)CCC2. The molecule has 122 heavy (non-hydrogen) atoms. The maximum Gasteiger partial charge on any atom is 0.333 e. The van der Waals surface area contributed by atoms with E-state index in [0.29, 0.717) is 57.4 Å². The maximum atomic E-state index is 12.9. The Labute approximate surface area is 713 Å².